The number of carbonyl (C=O) groups is 2. The third-order valence-corrected chi connectivity index (χ3v) is 5.15. The first-order valence-corrected chi connectivity index (χ1v) is 9.89. The van der Waals surface area contributed by atoms with Crippen LogP contribution in [0.4, 0.5) is 11.4 Å². The van der Waals surface area contributed by atoms with Gasteiger partial charge in [-0.25, -0.2) is 4.90 Å². The number of carbonyl (C=O) groups excluding carboxylic acids is 2. The number of anilines is 2. The summed E-state index contributed by atoms with van der Waals surface area (Å²) < 4.78 is 16.1. The minimum Gasteiger partial charge on any atom is -0.497 e. The first kappa shape index (κ1) is 21.0. The lowest BCUT2D eigenvalue weighted by atomic mass is 10.0. The summed E-state index contributed by atoms with van der Waals surface area (Å²) in [5, 5.41) is 3.13. The molecule has 0 fully saturated rings. The summed E-state index contributed by atoms with van der Waals surface area (Å²) in [4.78, 5) is 28.3. The number of ether oxygens (including phenoxy) is 3. The summed E-state index contributed by atoms with van der Waals surface area (Å²) in [6, 6.07) is 21.1. The first-order valence-electron chi connectivity index (χ1n) is 9.89. The van der Waals surface area contributed by atoms with Gasteiger partial charge in [0.25, 0.3) is 11.8 Å². The van der Waals surface area contributed by atoms with Gasteiger partial charge in [0.2, 0.25) is 0 Å². The second-order valence-electron chi connectivity index (χ2n) is 6.92. The number of rotatable bonds is 7. The summed E-state index contributed by atoms with van der Waals surface area (Å²) >= 11 is 0. The number of amides is 2. The number of imide groups is 1. The van der Waals surface area contributed by atoms with E-state index >= 15 is 0 Å². The van der Waals surface area contributed by atoms with Gasteiger partial charge in [0.1, 0.15) is 22.9 Å². The molecule has 1 heterocycles. The Bertz CT molecular complexity index is 1200. The average Bonchev–Trinajstić information content (AvgIpc) is 3.08. The quantitative estimate of drug-likeness (QED) is 0.569. The van der Waals surface area contributed by atoms with Gasteiger partial charge in [-0.15, -0.1) is 0 Å². The predicted octanol–water partition coefficient (Wildman–Crippen LogP) is 4.11. The van der Waals surface area contributed by atoms with Crippen molar-refractivity contribution in [2.24, 2.45) is 0 Å². The van der Waals surface area contributed by atoms with E-state index in [-0.39, 0.29) is 11.3 Å². The molecule has 32 heavy (non-hydrogen) atoms. The molecule has 0 unspecified atom stereocenters. The summed E-state index contributed by atoms with van der Waals surface area (Å²) in [6.07, 6.45) is 0. The van der Waals surface area contributed by atoms with Crippen LogP contribution in [0.1, 0.15) is 5.56 Å². The Labute approximate surface area is 185 Å². The SMILES string of the molecule is COc1ccc(NC2=C(c3ccccc3OC)C(=O)N(c3ccccc3OC)C2=O)cc1. The van der Waals surface area contributed by atoms with E-state index in [0.29, 0.717) is 34.2 Å². The number of hydrogen-bond acceptors (Lipinski definition) is 6. The van der Waals surface area contributed by atoms with Crippen LogP contribution in [0.25, 0.3) is 5.57 Å². The average molecular weight is 430 g/mol. The Morgan fingerprint density at radius 3 is 1.97 bits per heavy atom. The van der Waals surface area contributed by atoms with E-state index < -0.39 is 11.8 Å². The van der Waals surface area contributed by atoms with Crippen LogP contribution in [0.5, 0.6) is 17.2 Å². The minimum absolute atomic E-state index is 0.149. The number of methoxy groups -OCH3 is 3. The Hall–Kier alpha value is -4.26. The lowest BCUT2D eigenvalue weighted by molar-refractivity contribution is -0.120. The van der Waals surface area contributed by atoms with Crippen LogP contribution in [-0.2, 0) is 9.59 Å². The molecule has 0 radical (unpaired) electrons. The molecule has 4 rings (SSSR count). The number of benzene rings is 3. The molecule has 0 spiro atoms. The van der Waals surface area contributed by atoms with Crippen molar-refractivity contribution in [2.75, 3.05) is 31.5 Å². The third kappa shape index (κ3) is 3.65. The van der Waals surface area contributed by atoms with Crippen LogP contribution in [0.3, 0.4) is 0 Å². The Kier molecular flexibility index (Phi) is 5.81. The van der Waals surface area contributed by atoms with Crippen LogP contribution in [0.15, 0.2) is 78.5 Å². The molecule has 1 aliphatic rings. The van der Waals surface area contributed by atoms with E-state index in [0.717, 1.165) is 4.90 Å². The summed E-state index contributed by atoms with van der Waals surface area (Å²) in [5.41, 5.74) is 1.88. The van der Waals surface area contributed by atoms with Crippen LogP contribution in [-0.4, -0.2) is 33.1 Å². The van der Waals surface area contributed by atoms with Crippen LogP contribution < -0.4 is 24.4 Å². The molecule has 1 N–H and O–H groups in total. The predicted molar refractivity (Wildman–Crippen MR) is 122 cm³/mol. The molecule has 0 atom stereocenters. The maximum absolute atomic E-state index is 13.6. The number of nitrogens with one attached hydrogen (secondary N) is 1. The number of hydrogen-bond donors (Lipinski definition) is 1. The van der Waals surface area contributed by atoms with E-state index in [2.05, 4.69) is 5.32 Å². The molecule has 0 aliphatic carbocycles. The second-order valence-corrected chi connectivity index (χ2v) is 6.92. The first-order chi connectivity index (χ1) is 15.6. The molecule has 0 saturated heterocycles. The zero-order valence-corrected chi connectivity index (χ0v) is 17.9. The van der Waals surface area contributed by atoms with Crippen LogP contribution >= 0.6 is 0 Å². The molecular formula is C25H22N2O5. The lowest BCUT2D eigenvalue weighted by Gasteiger charge is -2.18. The van der Waals surface area contributed by atoms with Crippen molar-refractivity contribution >= 4 is 28.8 Å². The van der Waals surface area contributed by atoms with E-state index in [1.165, 1.54) is 14.2 Å². The highest BCUT2D eigenvalue weighted by Crippen LogP contribution is 2.40. The zero-order chi connectivity index (χ0) is 22.7. The smallest absolute Gasteiger partial charge is 0.282 e. The van der Waals surface area contributed by atoms with E-state index in [9.17, 15) is 9.59 Å². The number of para-hydroxylation sites is 3. The van der Waals surface area contributed by atoms with Crippen molar-refractivity contribution in [3.05, 3.63) is 84.1 Å². The van der Waals surface area contributed by atoms with Crippen molar-refractivity contribution in [3.63, 3.8) is 0 Å². The van der Waals surface area contributed by atoms with E-state index in [1.54, 1.807) is 79.9 Å². The van der Waals surface area contributed by atoms with Gasteiger partial charge in [-0.3, -0.25) is 9.59 Å². The van der Waals surface area contributed by atoms with Gasteiger partial charge in [-0.2, -0.15) is 0 Å². The van der Waals surface area contributed by atoms with Crippen LogP contribution in [0.2, 0.25) is 0 Å². The summed E-state index contributed by atoms with van der Waals surface area (Å²) in [5.74, 6) is 0.619. The highest BCUT2D eigenvalue weighted by atomic mass is 16.5. The lowest BCUT2D eigenvalue weighted by Crippen LogP contribution is -2.32. The maximum Gasteiger partial charge on any atom is 0.282 e. The number of nitrogens with zero attached hydrogens (tertiary/aromatic N) is 1. The topological polar surface area (TPSA) is 77.1 Å². The molecule has 0 aromatic heterocycles. The highest BCUT2D eigenvalue weighted by molar-refractivity contribution is 6.46. The van der Waals surface area contributed by atoms with Crippen molar-refractivity contribution in [1.82, 2.24) is 0 Å². The maximum atomic E-state index is 13.6. The fourth-order valence-corrected chi connectivity index (χ4v) is 3.60. The van der Waals surface area contributed by atoms with Gasteiger partial charge < -0.3 is 19.5 Å². The molecular weight excluding hydrogens is 408 g/mol. The molecule has 7 heteroatoms. The standard InChI is InChI=1S/C25H22N2O5/c1-30-17-14-12-16(13-15-17)26-23-22(18-8-4-6-10-20(18)31-2)24(28)27(25(23)29)19-9-5-7-11-21(19)32-3/h4-15,26H,1-3H3. The molecule has 3 aromatic carbocycles. The van der Waals surface area contributed by atoms with Crippen molar-refractivity contribution in [3.8, 4) is 17.2 Å². The zero-order valence-electron chi connectivity index (χ0n) is 17.9. The molecule has 0 bridgehead atoms. The highest BCUT2D eigenvalue weighted by Gasteiger charge is 2.42. The van der Waals surface area contributed by atoms with Gasteiger partial charge >= 0.3 is 0 Å². The Morgan fingerprint density at radius 1 is 0.688 bits per heavy atom. The van der Waals surface area contributed by atoms with E-state index in [4.69, 9.17) is 14.2 Å². The second kappa shape index (κ2) is 8.85. The largest absolute Gasteiger partial charge is 0.497 e. The van der Waals surface area contributed by atoms with E-state index in [1.807, 2.05) is 0 Å². The monoisotopic (exact) mass is 430 g/mol. The van der Waals surface area contributed by atoms with Gasteiger partial charge in [0, 0.05) is 11.3 Å². The van der Waals surface area contributed by atoms with Gasteiger partial charge in [0.15, 0.2) is 0 Å². The van der Waals surface area contributed by atoms with Crippen LogP contribution in [0, 0.1) is 0 Å². The van der Waals surface area contributed by atoms with Crippen molar-refractivity contribution in [1.29, 1.82) is 0 Å². The Balaban J connectivity index is 1.85. The van der Waals surface area contributed by atoms with Gasteiger partial charge in [-0.05, 0) is 42.5 Å². The fraction of sp³-hybridized carbons (Fsp3) is 0.120. The fourth-order valence-electron chi connectivity index (χ4n) is 3.60. The van der Waals surface area contributed by atoms with Gasteiger partial charge in [0.05, 0.1) is 32.6 Å². The summed E-state index contributed by atoms with van der Waals surface area (Å²) in [7, 11) is 4.60. The molecule has 2 amide bonds. The molecule has 7 nitrogen and oxygen atoms in total. The molecule has 3 aromatic rings. The Morgan fingerprint density at radius 2 is 1.31 bits per heavy atom. The molecule has 0 saturated carbocycles. The van der Waals surface area contributed by atoms with Gasteiger partial charge in [-0.1, -0.05) is 30.3 Å². The third-order valence-electron chi connectivity index (χ3n) is 5.15. The normalized spacial score (nSPS) is 13.4. The van der Waals surface area contributed by atoms with Crippen molar-refractivity contribution < 1.29 is 23.8 Å². The summed E-state index contributed by atoms with van der Waals surface area (Å²) in [6.45, 7) is 0. The van der Waals surface area contributed by atoms with Crippen molar-refractivity contribution in [2.45, 2.75) is 0 Å². The molecule has 1 aliphatic heterocycles. The minimum atomic E-state index is -0.490. The molecule has 162 valence electrons.